The van der Waals surface area contributed by atoms with Gasteiger partial charge in [-0.05, 0) is 25.5 Å². The lowest BCUT2D eigenvalue weighted by atomic mass is 9.96. The van der Waals surface area contributed by atoms with Crippen LogP contribution < -0.4 is 14.8 Å². The fourth-order valence-corrected chi connectivity index (χ4v) is 2.30. The lowest BCUT2D eigenvalue weighted by Gasteiger charge is -2.25. The first-order valence-corrected chi connectivity index (χ1v) is 5.94. The van der Waals surface area contributed by atoms with Crippen molar-refractivity contribution in [3.8, 4) is 17.2 Å². The molecule has 1 aliphatic heterocycles. The summed E-state index contributed by atoms with van der Waals surface area (Å²) in [6.07, 6.45) is 3.48. The zero-order chi connectivity index (χ0) is 12.3. The van der Waals surface area contributed by atoms with Gasteiger partial charge >= 0.3 is 0 Å². The average molecular weight is 237 g/mol. The Morgan fingerprint density at radius 3 is 2.53 bits per heavy atom. The number of ether oxygens (including phenoxy) is 2. The van der Waals surface area contributed by atoms with E-state index in [1.807, 2.05) is 0 Å². The molecule has 0 saturated carbocycles. The van der Waals surface area contributed by atoms with Gasteiger partial charge in [0.05, 0.1) is 14.2 Å². The van der Waals surface area contributed by atoms with Gasteiger partial charge in [-0.1, -0.05) is 6.42 Å². The first kappa shape index (κ1) is 12.0. The first-order chi connectivity index (χ1) is 8.26. The van der Waals surface area contributed by atoms with E-state index in [2.05, 4.69) is 5.32 Å². The van der Waals surface area contributed by atoms with E-state index >= 15 is 0 Å². The van der Waals surface area contributed by atoms with Crippen LogP contribution in [0.15, 0.2) is 12.1 Å². The number of phenols is 1. The van der Waals surface area contributed by atoms with Gasteiger partial charge in [0.2, 0.25) is 0 Å². The Balaban J connectivity index is 2.34. The van der Waals surface area contributed by atoms with Crippen LogP contribution in [-0.4, -0.2) is 25.9 Å². The summed E-state index contributed by atoms with van der Waals surface area (Å²) in [6.45, 7) is 1.01. The van der Waals surface area contributed by atoms with E-state index in [0.29, 0.717) is 5.75 Å². The minimum absolute atomic E-state index is 0.163. The predicted molar refractivity (Wildman–Crippen MR) is 65.8 cm³/mol. The number of phenolic OH excluding ortho intramolecular Hbond substituents is 1. The molecule has 1 heterocycles. The second kappa shape index (κ2) is 5.27. The molecule has 0 aromatic heterocycles. The Hall–Kier alpha value is -1.42. The molecule has 1 aliphatic rings. The van der Waals surface area contributed by atoms with Gasteiger partial charge in [0.25, 0.3) is 0 Å². The molecule has 1 unspecified atom stereocenters. The number of hydrogen-bond donors (Lipinski definition) is 2. The molecule has 2 rings (SSSR count). The number of rotatable bonds is 3. The van der Waals surface area contributed by atoms with Gasteiger partial charge in [0.1, 0.15) is 5.75 Å². The summed E-state index contributed by atoms with van der Waals surface area (Å²) in [5.41, 5.74) is 1.01. The molecule has 1 saturated heterocycles. The van der Waals surface area contributed by atoms with E-state index in [0.717, 1.165) is 24.3 Å². The molecule has 2 N–H and O–H groups in total. The summed E-state index contributed by atoms with van der Waals surface area (Å²) in [4.78, 5) is 0. The van der Waals surface area contributed by atoms with Gasteiger partial charge in [0, 0.05) is 17.7 Å². The molecule has 0 radical (unpaired) electrons. The van der Waals surface area contributed by atoms with Crippen molar-refractivity contribution in [3.05, 3.63) is 17.7 Å². The van der Waals surface area contributed by atoms with Crippen LogP contribution in [0.2, 0.25) is 0 Å². The quantitative estimate of drug-likeness (QED) is 0.846. The molecule has 94 valence electrons. The Morgan fingerprint density at radius 1 is 1.18 bits per heavy atom. The molecule has 1 fully saturated rings. The van der Waals surface area contributed by atoms with Crippen LogP contribution in [0.5, 0.6) is 17.2 Å². The largest absolute Gasteiger partial charge is 0.504 e. The SMILES string of the molecule is COc1cc(OC)c(C2CCCCN2)cc1O. The molecule has 17 heavy (non-hydrogen) atoms. The summed E-state index contributed by atoms with van der Waals surface area (Å²) in [5.74, 6) is 1.37. The van der Waals surface area contributed by atoms with Crippen molar-refractivity contribution in [1.82, 2.24) is 5.32 Å². The third-order valence-electron chi connectivity index (χ3n) is 3.22. The number of nitrogens with one attached hydrogen (secondary N) is 1. The maximum atomic E-state index is 9.83. The summed E-state index contributed by atoms with van der Waals surface area (Å²) in [5, 5.41) is 13.3. The van der Waals surface area contributed by atoms with Crippen molar-refractivity contribution in [1.29, 1.82) is 0 Å². The third-order valence-corrected chi connectivity index (χ3v) is 3.22. The van der Waals surface area contributed by atoms with Crippen LogP contribution in [0.4, 0.5) is 0 Å². The van der Waals surface area contributed by atoms with Crippen molar-refractivity contribution in [3.63, 3.8) is 0 Å². The molecular weight excluding hydrogens is 218 g/mol. The smallest absolute Gasteiger partial charge is 0.164 e. The van der Waals surface area contributed by atoms with Crippen molar-refractivity contribution in [2.75, 3.05) is 20.8 Å². The Morgan fingerprint density at radius 2 is 1.94 bits per heavy atom. The van der Waals surface area contributed by atoms with Gasteiger partial charge in [-0.15, -0.1) is 0 Å². The van der Waals surface area contributed by atoms with Crippen molar-refractivity contribution < 1.29 is 14.6 Å². The van der Waals surface area contributed by atoms with Crippen LogP contribution >= 0.6 is 0 Å². The van der Waals surface area contributed by atoms with E-state index in [4.69, 9.17) is 9.47 Å². The highest BCUT2D eigenvalue weighted by Gasteiger charge is 2.20. The fourth-order valence-electron chi connectivity index (χ4n) is 2.30. The Labute approximate surface area is 102 Å². The minimum Gasteiger partial charge on any atom is -0.504 e. The monoisotopic (exact) mass is 237 g/mol. The minimum atomic E-state index is 0.163. The highest BCUT2D eigenvalue weighted by atomic mass is 16.5. The summed E-state index contributed by atoms with van der Waals surface area (Å²) >= 11 is 0. The number of piperidine rings is 1. The number of hydrogen-bond acceptors (Lipinski definition) is 4. The molecule has 1 aromatic rings. The van der Waals surface area contributed by atoms with E-state index in [9.17, 15) is 5.11 Å². The van der Waals surface area contributed by atoms with Crippen LogP contribution in [0.25, 0.3) is 0 Å². The van der Waals surface area contributed by atoms with E-state index in [1.54, 1.807) is 19.2 Å². The predicted octanol–water partition coefficient (Wildman–Crippen LogP) is 2.22. The first-order valence-electron chi connectivity index (χ1n) is 5.94. The zero-order valence-electron chi connectivity index (χ0n) is 10.3. The lowest BCUT2D eigenvalue weighted by molar-refractivity contribution is 0.350. The molecule has 4 nitrogen and oxygen atoms in total. The van der Waals surface area contributed by atoms with E-state index in [-0.39, 0.29) is 11.8 Å². The highest BCUT2D eigenvalue weighted by Crippen LogP contribution is 2.38. The second-order valence-corrected chi connectivity index (χ2v) is 4.27. The van der Waals surface area contributed by atoms with Crippen LogP contribution in [0.1, 0.15) is 30.9 Å². The maximum Gasteiger partial charge on any atom is 0.164 e. The van der Waals surface area contributed by atoms with E-state index < -0.39 is 0 Å². The second-order valence-electron chi connectivity index (χ2n) is 4.27. The van der Waals surface area contributed by atoms with Gasteiger partial charge in [-0.25, -0.2) is 0 Å². The molecule has 0 aliphatic carbocycles. The van der Waals surface area contributed by atoms with Crippen LogP contribution in [0, 0.1) is 0 Å². The van der Waals surface area contributed by atoms with Gasteiger partial charge in [0.15, 0.2) is 11.5 Å². The normalized spacial score (nSPS) is 20.0. The fraction of sp³-hybridized carbons (Fsp3) is 0.538. The molecule has 0 amide bonds. The number of methoxy groups -OCH3 is 2. The van der Waals surface area contributed by atoms with Gasteiger partial charge < -0.3 is 19.9 Å². The summed E-state index contributed by atoms with van der Waals surface area (Å²) < 4.78 is 10.4. The molecule has 0 bridgehead atoms. The highest BCUT2D eigenvalue weighted by molar-refractivity contribution is 5.51. The average Bonchev–Trinajstić information content (AvgIpc) is 2.39. The molecule has 1 aromatic carbocycles. The summed E-state index contributed by atoms with van der Waals surface area (Å²) in [6, 6.07) is 3.73. The standard InChI is InChI=1S/C13H19NO3/c1-16-12-8-13(17-2)11(15)7-9(12)10-5-3-4-6-14-10/h7-8,10,14-15H,3-6H2,1-2H3. The molecule has 1 atom stereocenters. The Bertz CT molecular complexity index is 386. The maximum absolute atomic E-state index is 9.83. The van der Waals surface area contributed by atoms with Crippen molar-refractivity contribution >= 4 is 0 Å². The topological polar surface area (TPSA) is 50.7 Å². The zero-order valence-corrected chi connectivity index (χ0v) is 10.3. The Kier molecular flexibility index (Phi) is 3.74. The third kappa shape index (κ3) is 2.47. The van der Waals surface area contributed by atoms with Crippen molar-refractivity contribution in [2.45, 2.75) is 25.3 Å². The molecular formula is C13H19NO3. The number of aromatic hydroxyl groups is 1. The molecule has 4 heteroatoms. The van der Waals surface area contributed by atoms with Gasteiger partial charge in [-0.2, -0.15) is 0 Å². The van der Waals surface area contributed by atoms with Crippen molar-refractivity contribution in [2.24, 2.45) is 0 Å². The van der Waals surface area contributed by atoms with Gasteiger partial charge in [-0.3, -0.25) is 0 Å². The lowest BCUT2D eigenvalue weighted by Crippen LogP contribution is -2.27. The van der Waals surface area contributed by atoms with Crippen LogP contribution in [0.3, 0.4) is 0 Å². The van der Waals surface area contributed by atoms with Crippen LogP contribution in [-0.2, 0) is 0 Å². The number of benzene rings is 1. The van der Waals surface area contributed by atoms with E-state index in [1.165, 1.54) is 20.0 Å². The molecule has 0 spiro atoms. The summed E-state index contributed by atoms with van der Waals surface area (Å²) in [7, 11) is 3.17.